The number of hydrogen-bond acceptors (Lipinski definition) is 5. The van der Waals surface area contributed by atoms with Crippen LogP contribution < -0.4 is 16.2 Å². The third-order valence-corrected chi connectivity index (χ3v) is 3.55. The topological polar surface area (TPSA) is 107 Å². The summed E-state index contributed by atoms with van der Waals surface area (Å²) in [6, 6.07) is 7.36. The highest BCUT2D eigenvalue weighted by Gasteiger charge is 2.09. The van der Waals surface area contributed by atoms with Gasteiger partial charge in [0.2, 0.25) is 10.0 Å². The van der Waals surface area contributed by atoms with E-state index in [0.29, 0.717) is 18.7 Å². The molecular weight excluding hydrogens is 278 g/mol. The van der Waals surface area contributed by atoms with Gasteiger partial charge in [-0.05, 0) is 37.1 Å². The van der Waals surface area contributed by atoms with E-state index >= 15 is 0 Å². The maximum atomic E-state index is 11.0. The number of rotatable bonds is 9. The molecular formula is C13H23N3O3S. The zero-order valence-corrected chi connectivity index (χ0v) is 12.5. The second-order valence-electron chi connectivity index (χ2n) is 4.73. The Morgan fingerprint density at radius 3 is 2.45 bits per heavy atom. The van der Waals surface area contributed by atoms with Gasteiger partial charge in [-0.15, -0.1) is 0 Å². The third-order valence-electron chi connectivity index (χ3n) is 2.82. The average molecular weight is 301 g/mol. The highest BCUT2D eigenvalue weighted by molar-refractivity contribution is 7.88. The van der Waals surface area contributed by atoms with Crippen molar-refractivity contribution < 1.29 is 13.2 Å². The average Bonchev–Trinajstić information content (AvgIpc) is 2.37. The Balaban J connectivity index is 2.62. The lowest BCUT2D eigenvalue weighted by Gasteiger charge is -2.19. The molecule has 0 radical (unpaired) electrons. The van der Waals surface area contributed by atoms with E-state index in [4.69, 9.17) is 15.6 Å². The fourth-order valence-electron chi connectivity index (χ4n) is 1.93. The van der Waals surface area contributed by atoms with Crippen LogP contribution in [0.1, 0.15) is 18.4 Å². The molecule has 1 rings (SSSR count). The number of ether oxygens (including phenoxy) is 1. The standard InChI is InChI=1S/C13H23N3O3S/c1-19-9-13(3-2-8-14)16-12-6-4-11(5-7-12)10-20(15,17)18/h4-7,13,16H,2-3,8-10,14H2,1H3,(H2,15,17,18). The van der Waals surface area contributed by atoms with Gasteiger partial charge in [0.1, 0.15) is 0 Å². The molecule has 0 amide bonds. The highest BCUT2D eigenvalue weighted by Crippen LogP contribution is 2.14. The van der Waals surface area contributed by atoms with E-state index in [1.165, 1.54) is 0 Å². The van der Waals surface area contributed by atoms with Crippen molar-refractivity contribution in [3.8, 4) is 0 Å². The van der Waals surface area contributed by atoms with E-state index in [0.717, 1.165) is 18.5 Å². The molecule has 1 unspecified atom stereocenters. The molecule has 0 spiro atoms. The zero-order valence-electron chi connectivity index (χ0n) is 11.7. The minimum atomic E-state index is -3.49. The Hall–Kier alpha value is -1.15. The predicted octanol–water partition coefficient (Wildman–Crippen LogP) is 0.641. The second kappa shape index (κ2) is 8.21. The van der Waals surface area contributed by atoms with E-state index < -0.39 is 10.0 Å². The van der Waals surface area contributed by atoms with Crippen molar-refractivity contribution in [3.63, 3.8) is 0 Å². The molecule has 0 aromatic heterocycles. The number of primary sulfonamides is 1. The fraction of sp³-hybridized carbons (Fsp3) is 0.538. The Labute approximate surface area is 120 Å². The normalized spacial score (nSPS) is 13.2. The Morgan fingerprint density at radius 2 is 1.95 bits per heavy atom. The summed E-state index contributed by atoms with van der Waals surface area (Å²) >= 11 is 0. The van der Waals surface area contributed by atoms with Crippen molar-refractivity contribution in [2.45, 2.75) is 24.6 Å². The van der Waals surface area contributed by atoms with Crippen LogP contribution >= 0.6 is 0 Å². The van der Waals surface area contributed by atoms with Crippen molar-refractivity contribution in [1.82, 2.24) is 0 Å². The van der Waals surface area contributed by atoms with E-state index in [2.05, 4.69) is 5.32 Å². The summed E-state index contributed by atoms with van der Waals surface area (Å²) in [5, 5.41) is 8.35. The second-order valence-corrected chi connectivity index (χ2v) is 6.35. The van der Waals surface area contributed by atoms with Crippen LogP contribution in [0.25, 0.3) is 0 Å². The van der Waals surface area contributed by atoms with E-state index in [9.17, 15) is 8.42 Å². The summed E-state index contributed by atoms with van der Waals surface area (Å²) in [6.07, 6.45) is 1.84. The number of hydrogen-bond donors (Lipinski definition) is 3. The van der Waals surface area contributed by atoms with Gasteiger partial charge in [0.15, 0.2) is 0 Å². The van der Waals surface area contributed by atoms with Crippen LogP contribution in [0.3, 0.4) is 0 Å². The van der Waals surface area contributed by atoms with Gasteiger partial charge in [0.05, 0.1) is 12.4 Å². The van der Waals surface area contributed by atoms with Crippen LogP contribution in [0, 0.1) is 0 Å². The Morgan fingerprint density at radius 1 is 1.30 bits per heavy atom. The molecule has 5 N–H and O–H groups in total. The molecule has 7 heteroatoms. The van der Waals surface area contributed by atoms with E-state index in [-0.39, 0.29) is 11.8 Å². The number of nitrogens with one attached hydrogen (secondary N) is 1. The van der Waals surface area contributed by atoms with E-state index in [1.807, 2.05) is 12.1 Å². The quantitative estimate of drug-likeness (QED) is 0.620. The zero-order chi connectivity index (χ0) is 15.0. The minimum Gasteiger partial charge on any atom is -0.383 e. The van der Waals surface area contributed by atoms with Crippen LogP contribution in [0.4, 0.5) is 5.69 Å². The molecule has 0 fully saturated rings. The van der Waals surface area contributed by atoms with Crippen molar-refractivity contribution in [2.24, 2.45) is 10.9 Å². The van der Waals surface area contributed by atoms with Crippen molar-refractivity contribution in [2.75, 3.05) is 25.6 Å². The van der Waals surface area contributed by atoms with Gasteiger partial charge in [-0.3, -0.25) is 0 Å². The molecule has 0 aliphatic rings. The molecule has 0 bridgehead atoms. The summed E-state index contributed by atoms with van der Waals surface area (Å²) < 4.78 is 27.2. The molecule has 0 saturated heterocycles. The first kappa shape index (κ1) is 16.9. The van der Waals surface area contributed by atoms with Crippen molar-refractivity contribution >= 4 is 15.7 Å². The first-order chi connectivity index (χ1) is 9.44. The molecule has 0 aliphatic heterocycles. The number of benzene rings is 1. The number of sulfonamides is 1. The molecule has 1 aromatic carbocycles. The SMILES string of the molecule is COCC(CCCN)Nc1ccc(CS(N)(=O)=O)cc1. The smallest absolute Gasteiger partial charge is 0.213 e. The highest BCUT2D eigenvalue weighted by atomic mass is 32.2. The molecule has 0 aliphatic carbocycles. The van der Waals surface area contributed by atoms with Gasteiger partial charge in [-0.1, -0.05) is 12.1 Å². The van der Waals surface area contributed by atoms with Crippen LogP contribution in [-0.2, 0) is 20.5 Å². The lowest BCUT2D eigenvalue weighted by atomic mass is 10.1. The molecule has 20 heavy (non-hydrogen) atoms. The van der Waals surface area contributed by atoms with Gasteiger partial charge >= 0.3 is 0 Å². The maximum absolute atomic E-state index is 11.0. The van der Waals surface area contributed by atoms with Gasteiger partial charge in [0.25, 0.3) is 0 Å². The summed E-state index contributed by atoms with van der Waals surface area (Å²) in [6.45, 7) is 1.24. The van der Waals surface area contributed by atoms with Crippen molar-refractivity contribution in [3.05, 3.63) is 29.8 Å². The van der Waals surface area contributed by atoms with Gasteiger partial charge in [0, 0.05) is 18.8 Å². The summed E-state index contributed by atoms with van der Waals surface area (Å²) in [7, 11) is -1.83. The Bertz CT molecular complexity index is 488. The fourth-order valence-corrected chi connectivity index (χ4v) is 2.58. The van der Waals surface area contributed by atoms with Crippen molar-refractivity contribution in [1.29, 1.82) is 0 Å². The lowest BCUT2D eigenvalue weighted by Crippen LogP contribution is -2.25. The number of anilines is 1. The van der Waals surface area contributed by atoms with Gasteiger partial charge < -0.3 is 15.8 Å². The largest absolute Gasteiger partial charge is 0.383 e. The number of methoxy groups -OCH3 is 1. The van der Waals surface area contributed by atoms with E-state index in [1.54, 1.807) is 19.2 Å². The molecule has 1 atom stereocenters. The molecule has 0 heterocycles. The van der Waals surface area contributed by atoms with Crippen LogP contribution in [0.5, 0.6) is 0 Å². The van der Waals surface area contributed by atoms with Crippen LogP contribution in [-0.4, -0.2) is 34.7 Å². The van der Waals surface area contributed by atoms with Crippen LogP contribution in [0.15, 0.2) is 24.3 Å². The first-order valence-corrected chi connectivity index (χ1v) is 8.21. The monoisotopic (exact) mass is 301 g/mol. The molecule has 0 saturated carbocycles. The Kier molecular flexibility index (Phi) is 6.94. The minimum absolute atomic E-state index is 0.151. The van der Waals surface area contributed by atoms with Gasteiger partial charge in [-0.2, -0.15) is 0 Å². The lowest BCUT2D eigenvalue weighted by molar-refractivity contribution is 0.182. The van der Waals surface area contributed by atoms with Gasteiger partial charge in [-0.25, -0.2) is 13.6 Å². The molecule has 114 valence electrons. The first-order valence-electron chi connectivity index (χ1n) is 6.49. The predicted molar refractivity (Wildman–Crippen MR) is 80.8 cm³/mol. The van der Waals surface area contributed by atoms with Crippen LogP contribution in [0.2, 0.25) is 0 Å². The summed E-state index contributed by atoms with van der Waals surface area (Å²) in [4.78, 5) is 0. The molecule has 6 nitrogen and oxygen atoms in total. The summed E-state index contributed by atoms with van der Waals surface area (Å²) in [5.41, 5.74) is 7.10. The number of nitrogens with two attached hydrogens (primary N) is 2. The maximum Gasteiger partial charge on any atom is 0.213 e. The third kappa shape index (κ3) is 6.85. The summed E-state index contributed by atoms with van der Waals surface area (Å²) in [5.74, 6) is -0.151. The molecule has 1 aromatic rings.